The van der Waals surface area contributed by atoms with Gasteiger partial charge in [0.2, 0.25) is 0 Å². The fraction of sp³-hybridized carbons (Fsp3) is 0.800. The molecule has 0 unspecified atom stereocenters. The number of aromatic nitrogens is 1. The molecule has 1 heterocycles. The van der Waals surface area contributed by atoms with Gasteiger partial charge in [0.15, 0.2) is 0 Å². The van der Waals surface area contributed by atoms with Crippen LogP contribution in [0.15, 0.2) is 12.3 Å². The average Bonchev–Trinajstić information content (AvgIpc) is 3.01. The molecule has 2 fully saturated rings. The second kappa shape index (κ2) is 8.06. The molecule has 2 saturated carbocycles. The molecule has 0 bridgehead atoms. The Balaban J connectivity index is 1.38. The first-order chi connectivity index (χ1) is 10.4. The Morgan fingerprint density at radius 3 is 1.95 bits per heavy atom. The van der Waals surface area contributed by atoms with E-state index in [1.54, 1.807) is 5.56 Å². The smallest absolute Gasteiger partial charge is 0.0150 e. The van der Waals surface area contributed by atoms with Crippen molar-refractivity contribution in [3.63, 3.8) is 0 Å². The van der Waals surface area contributed by atoms with Gasteiger partial charge in [0.25, 0.3) is 0 Å². The lowest BCUT2D eigenvalue weighted by Gasteiger charge is -2.21. The van der Waals surface area contributed by atoms with Crippen LogP contribution in [-0.4, -0.2) is 4.98 Å². The minimum absolute atomic E-state index is 1.01. The molecule has 1 nitrogen and oxygen atoms in total. The van der Waals surface area contributed by atoms with Crippen molar-refractivity contribution in [2.75, 3.05) is 0 Å². The lowest BCUT2D eigenvalue weighted by Crippen LogP contribution is -2.07. The van der Waals surface area contributed by atoms with Crippen molar-refractivity contribution in [3.05, 3.63) is 23.5 Å². The molecule has 21 heavy (non-hydrogen) atoms. The van der Waals surface area contributed by atoms with E-state index in [-0.39, 0.29) is 0 Å². The summed E-state index contributed by atoms with van der Waals surface area (Å²) in [5, 5.41) is 0. The van der Waals surface area contributed by atoms with Gasteiger partial charge in [-0.15, -0.1) is 0 Å². The predicted octanol–water partition coefficient (Wildman–Crippen LogP) is 6.04. The van der Waals surface area contributed by atoms with E-state index in [9.17, 15) is 0 Å². The monoisotopic (exact) mass is 287 g/mol. The van der Waals surface area contributed by atoms with Crippen molar-refractivity contribution in [2.45, 2.75) is 89.9 Å². The maximum atomic E-state index is 3.53. The molecule has 0 amide bonds. The Kier molecular flexibility index (Phi) is 5.83. The zero-order valence-electron chi connectivity index (χ0n) is 13.7. The minimum atomic E-state index is 1.01. The van der Waals surface area contributed by atoms with E-state index >= 15 is 0 Å². The topological polar surface area (TPSA) is 15.8 Å². The van der Waals surface area contributed by atoms with Gasteiger partial charge in [0.1, 0.15) is 0 Å². The summed E-state index contributed by atoms with van der Waals surface area (Å²) >= 11 is 0. The van der Waals surface area contributed by atoms with Crippen LogP contribution in [0.3, 0.4) is 0 Å². The molecule has 0 atom stereocenters. The standard InChI is InChI=1S/C20H33N/c1-3-7-17(8-4-1)11-12-19-15-20(21-16-19)14-13-18-9-5-2-6-10-18/h15-18,21H,1-14H2. The Labute approximate surface area is 130 Å². The van der Waals surface area contributed by atoms with Gasteiger partial charge in [-0.3, -0.25) is 0 Å². The largest absolute Gasteiger partial charge is 0.365 e. The predicted molar refractivity (Wildman–Crippen MR) is 90.6 cm³/mol. The molecule has 1 aromatic rings. The van der Waals surface area contributed by atoms with Gasteiger partial charge in [-0.1, -0.05) is 64.2 Å². The van der Waals surface area contributed by atoms with E-state index in [0.717, 1.165) is 11.8 Å². The lowest BCUT2D eigenvalue weighted by atomic mass is 9.85. The molecule has 3 rings (SSSR count). The Bertz CT molecular complexity index is 357. The van der Waals surface area contributed by atoms with E-state index in [2.05, 4.69) is 17.2 Å². The molecule has 1 N–H and O–H groups in total. The third-order valence-electron chi connectivity index (χ3n) is 5.92. The molecule has 2 aliphatic carbocycles. The summed E-state index contributed by atoms with van der Waals surface area (Å²) < 4.78 is 0. The van der Waals surface area contributed by atoms with Crippen LogP contribution in [-0.2, 0) is 12.8 Å². The SMILES string of the molecule is c1[nH]c(CCC2CCCCC2)cc1CCC1CCCCC1. The van der Waals surface area contributed by atoms with Gasteiger partial charge in [0, 0.05) is 11.9 Å². The highest BCUT2D eigenvalue weighted by molar-refractivity contribution is 5.17. The summed E-state index contributed by atoms with van der Waals surface area (Å²) in [6, 6.07) is 2.45. The fourth-order valence-electron chi connectivity index (χ4n) is 4.46. The maximum absolute atomic E-state index is 3.53. The lowest BCUT2D eigenvalue weighted by molar-refractivity contribution is 0.338. The number of nitrogens with one attached hydrogen (secondary N) is 1. The zero-order valence-corrected chi connectivity index (χ0v) is 13.7. The molecule has 0 saturated heterocycles. The number of rotatable bonds is 6. The summed E-state index contributed by atoms with van der Waals surface area (Å²) in [5.41, 5.74) is 3.04. The van der Waals surface area contributed by atoms with E-state index in [4.69, 9.17) is 0 Å². The van der Waals surface area contributed by atoms with Crippen LogP contribution < -0.4 is 0 Å². The third kappa shape index (κ3) is 4.90. The first-order valence-corrected chi connectivity index (χ1v) is 9.56. The van der Waals surface area contributed by atoms with Gasteiger partial charge in [0.05, 0.1) is 0 Å². The van der Waals surface area contributed by atoms with E-state index < -0.39 is 0 Å². The summed E-state index contributed by atoms with van der Waals surface area (Å²) in [5.74, 6) is 2.02. The van der Waals surface area contributed by atoms with Crippen molar-refractivity contribution < 1.29 is 0 Å². The molecule has 1 aromatic heterocycles. The molecule has 1 heteroatoms. The number of hydrogen-bond donors (Lipinski definition) is 1. The van der Waals surface area contributed by atoms with Crippen molar-refractivity contribution >= 4 is 0 Å². The molecule has 0 aromatic carbocycles. The van der Waals surface area contributed by atoms with E-state index in [0.29, 0.717) is 0 Å². The van der Waals surface area contributed by atoms with Crippen LogP contribution in [0, 0.1) is 11.8 Å². The number of H-pyrrole nitrogens is 1. The maximum Gasteiger partial charge on any atom is 0.0150 e. The highest BCUT2D eigenvalue weighted by Gasteiger charge is 2.15. The van der Waals surface area contributed by atoms with Crippen LogP contribution in [0.4, 0.5) is 0 Å². The summed E-state index contributed by atoms with van der Waals surface area (Å²) in [4.78, 5) is 3.53. The Hall–Kier alpha value is -0.720. The second-order valence-corrected chi connectivity index (χ2v) is 7.62. The normalized spacial score (nSPS) is 21.7. The van der Waals surface area contributed by atoms with Crippen molar-refractivity contribution in [1.82, 2.24) is 4.98 Å². The third-order valence-corrected chi connectivity index (χ3v) is 5.92. The molecular formula is C20H33N. The quantitative estimate of drug-likeness (QED) is 0.656. The number of aryl methyl sites for hydroxylation is 2. The van der Waals surface area contributed by atoms with Crippen molar-refractivity contribution in [3.8, 4) is 0 Å². The first-order valence-electron chi connectivity index (χ1n) is 9.56. The summed E-state index contributed by atoms with van der Waals surface area (Å²) in [6.07, 6.45) is 22.5. The molecule has 2 aliphatic rings. The van der Waals surface area contributed by atoms with Gasteiger partial charge in [-0.25, -0.2) is 0 Å². The first kappa shape index (κ1) is 15.2. The van der Waals surface area contributed by atoms with Crippen LogP contribution >= 0.6 is 0 Å². The highest BCUT2D eigenvalue weighted by atomic mass is 14.7. The van der Waals surface area contributed by atoms with Gasteiger partial charge < -0.3 is 4.98 Å². The van der Waals surface area contributed by atoms with Crippen LogP contribution in [0.25, 0.3) is 0 Å². The van der Waals surface area contributed by atoms with Crippen molar-refractivity contribution in [1.29, 1.82) is 0 Å². The van der Waals surface area contributed by atoms with E-state index in [1.807, 2.05) is 0 Å². The zero-order chi connectivity index (χ0) is 14.3. The van der Waals surface area contributed by atoms with Crippen LogP contribution in [0.1, 0.15) is 88.3 Å². The Morgan fingerprint density at radius 2 is 1.33 bits per heavy atom. The van der Waals surface area contributed by atoms with Gasteiger partial charge in [-0.05, 0) is 49.1 Å². The van der Waals surface area contributed by atoms with Crippen molar-refractivity contribution in [2.24, 2.45) is 11.8 Å². The van der Waals surface area contributed by atoms with Crippen LogP contribution in [0.2, 0.25) is 0 Å². The fourth-order valence-corrected chi connectivity index (χ4v) is 4.46. The second-order valence-electron chi connectivity index (χ2n) is 7.62. The van der Waals surface area contributed by atoms with E-state index in [1.165, 1.54) is 95.6 Å². The molecule has 118 valence electrons. The number of aromatic amines is 1. The molecule has 0 radical (unpaired) electrons. The van der Waals surface area contributed by atoms with Gasteiger partial charge in [-0.2, -0.15) is 0 Å². The molecule has 0 spiro atoms. The number of hydrogen-bond acceptors (Lipinski definition) is 0. The molecule has 0 aliphatic heterocycles. The molecular weight excluding hydrogens is 254 g/mol. The Morgan fingerprint density at radius 1 is 0.762 bits per heavy atom. The summed E-state index contributed by atoms with van der Waals surface area (Å²) in [7, 11) is 0. The minimum Gasteiger partial charge on any atom is -0.365 e. The van der Waals surface area contributed by atoms with Crippen LogP contribution in [0.5, 0.6) is 0 Å². The highest BCUT2D eigenvalue weighted by Crippen LogP contribution is 2.29. The van der Waals surface area contributed by atoms with Gasteiger partial charge >= 0.3 is 0 Å². The summed E-state index contributed by atoms with van der Waals surface area (Å²) in [6.45, 7) is 0. The average molecular weight is 287 g/mol.